The zero-order valence-corrected chi connectivity index (χ0v) is 20.1. The molecule has 1 aliphatic rings. The van der Waals surface area contributed by atoms with Crippen molar-refractivity contribution in [3.63, 3.8) is 0 Å². The van der Waals surface area contributed by atoms with E-state index in [9.17, 15) is 9.90 Å². The molecule has 6 heteroatoms. The number of hydrogen-bond acceptors (Lipinski definition) is 5. The number of pyridine rings is 1. The summed E-state index contributed by atoms with van der Waals surface area (Å²) in [6.45, 7) is 4.00. The molecule has 0 atom stereocenters. The number of aryl methyl sites for hydroxylation is 2. The smallest absolute Gasteiger partial charge is 0.545 e. The van der Waals surface area contributed by atoms with Crippen LogP contribution in [0.15, 0.2) is 42.5 Å². The monoisotopic (exact) mass is 425 g/mol. The zero-order chi connectivity index (χ0) is 20.1. The van der Waals surface area contributed by atoms with Crippen LogP contribution in [0.25, 0.3) is 31.6 Å². The van der Waals surface area contributed by atoms with Crippen LogP contribution in [0.1, 0.15) is 40.7 Å². The Kier molecular flexibility index (Phi) is 5.90. The van der Waals surface area contributed by atoms with Gasteiger partial charge in [-0.05, 0) is 67.8 Å². The predicted molar refractivity (Wildman–Crippen MR) is 115 cm³/mol. The Morgan fingerprint density at radius 1 is 1.17 bits per heavy atom. The summed E-state index contributed by atoms with van der Waals surface area (Å²) in [6, 6.07) is 13.6. The summed E-state index contributed by atoms with van der Waals surface area (Å²) in [5.41, 5.74) is 3.50. The van der Waals surface area contributed by atoms with Crippen LogP contribution in [-0.4, -0.2) is 17.1 Å². The van der Waals surface area contributed by atoms with Crippen LogP contribution >= 0.6 is 11.3 Å². The molecule has 5 rings (SSSR count). The molecule has 1 aliphatic carbocycles. The van der Waals surface area contributed by atoms with Crippen molar-refractivity contribution in [2.75, 3.05) is 0 Å². The second-order valence-electron chi connectivity index (χ2n) is 7.67. The maximum Gasteiger partial charge on any atom is 1.00 e. The summed E-state index contributed by atoms with van der Waals surface area (Å²) in [4.78, 5) is 18.0. The standard InChI is InChI=1S/C24H21NO3S.Na/c1-13-10-11-19(28-15-6-5-7-15)21-17(24(26)27)12-18(25-22(13)21)23-14(2)16-8-3-4-9-20(16)29-23;/h3-4,8-12,15H,5-7H2,1-2H3,(H,26,27);/q;+1/p-1. The Balaban J connectivity index is 0.00000218. The molecule has 0 bridgehead atoms. The normalized spacial score (nSPS) is 13.8. The molecule has 1 fully saturated rings. The minimum absolute atomic E-state index is 0. The number of aromatic nitrogens is 1. The van der Waals surface area contributed by atoms with Crippen molar-refractivity contribution in [1.82, 2.24) is 4.98 Å². The summed E-state index contributed by atoms with van der Waals surface area (Å²) in [5.74, 6) is -0.622. The van der Waals surface area contributed by atoms with Crippen LogP contribution < -0.4 is 39.4 Å². The van der Waals surface area contributed by atoms with Gasteiger partial charge in [0.25, 0.3) is 0 Å². The Labute approximate surface area is 201 Å². The number of benzene rings is 2. The van der Waals surface area contributed by atoms with E-state index < -0.39 is 5.97 Å². The number of carboxylic acids is 1. The van der Waals surface area contributed by atoms with Gasteiger partial charge in [-0.2, -0.15) is 0 Å². The van der Waals surface area contributed by atoms with E-state index in [4.69, 9.17) is 9.72 Å². The van der Waals surface area contributed by atoms with Crippen LogP contribution in [0, 0.1) is 13.8 Å². The van der Waals surface area contributed by atoms with Gasteiger partial charge in [0, 0.05) is 10.3 Å². The van der Waals surface area contributed by atoms with Crippen LogP contribution in [0.2, 0.25) is 0 Å². The maximum atomic E-state index is 12.1. The van der Waals surface area contributed by atoms with E-state index in [2.05, 4.69) is 19.1 Å². The summed E-state index contributed by atoms with van der Waals surface area (Å²) in [7, 11) is 0. The molecule has 2 aromatic heterocycles. The third-order valence-corrected chi connectivity index (χ3v) is 7.06. The number of nitrogens with zero attached hydrogens (tertiary/aromatic N) is 1. The molecule has 1 saturated carbocycles. The van der Waals surface area contributed by atoms with E-state index >= 15 is 0 Å². The van der Waals surface area contributed by atoms with Crippen LogP contribution in [0.5, 0.6) is 5.75 Å². The Morgan fingerprint density at radius 3 is 2.60 bits per heavy atom. The largest absolute Gasteiger partial charge is 1.00 e. The molecule has 0 N–H and O–H groups in total. The molecule has 30 heavy (non-hydrogen) atoms. The van der Waals surface area contributed by atoms with Gasteiger partial charge in [-0.15, -0.1) is 11.3 Å². The van der Waals surface area contributed by atoms with Gasteiger partial charge in [-0.25, -0.2) is 4.98 Å². The van der Waals surface area contributed by atoms with Crippen LogP contribution in [0.4, 0.5) is 0 Å². The van der Waals surface area contributed by atoms with Crippen molar-refractivity contribution in [3.8, 4) is 16.3 Å². The number of thiophene rings is 1. The predicted octanol–water partition coefficient (Wildman–Crippen LogP) is 2.03. The molecule has 0 spiro atoms. The number of aromatic carboxylic acids is 1. The third-order valence-electron chi connectivity index (χ3n) is 5.77. The van der Waals surface area contributed by atoms with E-state index in [1.165, 1.54) is 5.39 Å². The quantitative estimate of drug-likeness (QED) is 0.470. The first-order valence-electron chi connectivity index (χ1n) is 9.84. The minimum Gasteiger partial charge on any atom is -0.545 e. The van der Waals surface area contributed by atoms with Gasteiger partial charge in [0.1, 0.15) is 5.75 Å². The fourth-order valence-electron chi connectivity index (χ4n) is 3.91. The van der Waals surface area contributed by atoms with Gasteiger partial charge < -0.3 is 14.6 Å². The molecule has 4 aromatic rings. The fraction of sp³-hybridized carbons (Fsp3) is 0.250. The summed E-state index contributed by atoms with van der Waals surface area (Å²) < 4.78 is 7.26. The number of carboxylic acid groups (broad SMARTS) is 1. The first-order chi connectivity index (χ1) is 14.0. The zero-order valence-electron chi connectivity index (χ0n) is 17.3. The van der Waals surface area contributed by atoms with Gasteiger partial charge in [0.05, 0.1) is 33.5 Å². The Bertz CT molecular complexity index is 1280. The SMILES string of the molecule is Cc1c(-c2cc(C(=O)[O-])c3c(OC4CCC4)ccc(C)c3n2)sc2ccccc12.[Na+]. The van der Waals surface area contributed by atoms with E-state index in [1.54, 1.807) is 17.4 Å². The average Bonchev–Trinajstić information content (AvgIpc) is 3.02. The summed E-state index contributed by atoms with van der Waals surface area (Å²) in [5, 5.41) is 13.8. The molecule has 2 heterocycles. The molecule has 0 saturated heterocycles. The Morgan fingerprint density at radius 2 is 1.93 bits per heavy atom. The molecule has 4 nitrogen and oxygen atoms in total. The van der Waals surface area contributed by atoms with Crippen LogP contribution in [-0.2, 0) is 0 Å². The first kappa shape index (κ1) is 21.3. The van der Waals surface area contributed by atoms with Crippen LogP contribution in [0.3, 0.4) is 0 Å². The molecule has 0 radical (unpaired) electrons. The number of hydrogen-bond donors (Lipinski definition) is 0. The van der Waals surface area contributed by atoms with Crippen molar-refractivity contribution in [3.05, 3.63) is 59.2 Å². The van der Waals surface area contributed by atoms with E-state index in [0.29, 0.717) is 22.3 Å². The van der Waals surface area contributed by atoms with Gasteiger partial charge >= 0.3 is 29.6 Å². The number of rotatable bonds is 4. The molecule has 146 valence electrons. The van der Waals surface area contributed by atoms with Crippen molar-refractivity contribution >= 4 is 38.3 Å². The average molecular weight is 425 g/mol. The molecule has 0 unspecified atom stereocenters. The topological polar surface area (TPSA) is 62.2 Å². The van der Waals surface area contributed by atoms with E-state index in [1.807, 2.05) is 31.2 Å². The van der Waals surface area contributed by atoms with Crippen molar-refractivity contribution in [1.29, 1.82) is 0 Å². The number of carbonyl (C=O) groups excluding carboxylic acids is 1. The molecular weight excluding hydrogens is 405 g/mol. The van der Waals surface area contributed by atoms with Gasteiger partial charge in [-0.3, -0.25) is 0 Å². The van der Waals surface area contributed by atoms with E-state index in [-0.39, 0.29) is 41.2 Å². The molecular formula is C24H20NNaO3S. The Hall–Kier alpha value is -1.92. The third kappa shape index (κ3) is 3.54. The molecule has 0 aliphatic heterocycles. The second kappa shape index (κ2) is 8.31. The van der Waals surface area contributed by atoms with E-state index in [0.717, 1.165) is 40.0 Å². The van der Waals surface area contributed by atoms with Gasteiger partial charge in [0.15, 0.2) is 0 Å². The first-order valence-corrected chi connectivity index (χ1v) is 10.7. The van der Waals surface area contributed by atoms with Gasteiger partial charge in [-0.1, -0.05) is 24.3 Å². The summed E-state index contributed by atoms with van der Waals surface area (Å²) >= 11 is 1.63. The number of fused-ring (bicyclic) bond motifs is 2. The maximum absolute atomic E-state index is 12.1. The second-order valence-corrected chi connectivity index (χ2v) is 8.72. The van der Waals surface area contributed by atoms with Gasteiger partial charge in [0.2, 0.25) is 0 Å². The minimum atomic E-state index is -1.21. The van der Waals surface area contributed by atoms with Crippen molar-refractivity contribution < 1.29 is 44.2 Å². The van der Waals surface area contributed by atoms with Crippen molar-refractivity contribution in [2.45, 2.75) is 39.2 Å². The number of ether oxygens (including phenoxy) is 1. The number of carbonyl (C=O) groups is 1. The molecule has 0 amide bonds. The fourth-order valence-corrected chi connectivity index (χ4v) is 5.07. The van der Waals surface area contributed by atoms with Crippen molar-refractivity contribution in [2.24, 2.45) is 0 Å². The summed E-state index contributed by atoms with van der Waals surface area (Å²) in [6.07, 6.45) is 3.31. The molecule has 2 aromatic carbocycles.